The number of ether oxygens (including phenoxy) is 2. The predicted molar refractivity (Wildman–Crippen MR) is 112 cm³/mol. The minimum Gasteiger partial charge on any atom is -0.457 e. The van der Waals surface area contributed by atoms with Gasteiger partial charge in [0.15, 0.2) is 0 Å². The van der Waals surface area contributed by atoms with Crippen LogP contribution in [0.4, 0.5) is 13.2 Å². The molecule has 0 aliphatic heterocycles. The van der Waals surface area contributed by atoms with Crippen LogP contribution in [0.5, 0.6) is 17.2 Å². The summed E-state index contributed by atoms with van der Waals surface area (Å²) in [6, 6.07) is 12.8. The van der Waals surface area contributed by atoms with Crippen molar-refractivity contribution in [3.05, 3.63) is 88.2 Å². The quantitative estimate of drug-likeness (QED) is 0.250. The Labute approximate surface area is 185 Å². The van der Waals surface area contributed by atoms with E-state index in [1.807, 2.05) is 13.8 Å². The van der Waals surface area contributed by atoms with Crippen LogP contribution in [0, 0.1) is 0 Å². The third-order valence-corrected chi connectivity index (χ3v) is 4.77. The van der Waals surface area contributed by atoms with Gasteiger partial charge in [-0.2, -0.15) is 13.2 Å². The van der Waals surface area contributed by atoms with Crippen LogP contribution in [0.25, 0.3) is 11.0 Å². The molecule has 0 unspecified atom stereocenters. The van der Waals surface area contributed by atoms with Crippen molar-refractivity contribution in [2.24, 2.45) is 0 Å². The highest BCUT2D eigenvalue weighted by Gasteiger charge is 2.40. The molecule has 2 heterocycles. The lowest BCUT2D eigenvalue weighted by Gasteiger charge is -2.16. The fourth-order valence-electron chi connectivity index (χ4n) is 3.21. The van der Waals surface area contributed by atoms with Crippen molar-refractivity contribution < 1.29 is 36.3 Å². The van der Waals surface area contributed by atoms with E-state index in [1.165, 1.54) is 36.6 Å². The molecule has 0 bridgehead atoms. The topological polar surface area (TPSA) is 78.9 Å². The number of alkyl halides is 3. The molecule has 0 spiro atoms. The second-order valence-electron chi connectivity index (χ2n) is 7.41. The number of carbonyl (C=O) groups excluding carboxylic acids is 1. The van der Waals surface area contributed by atoms with Crippen LogP contribution in [0.3, 0.4) is 0 Å². The molecule has 6 nitrogen and oxygen atoms in total. The normalized spacial score (nSPS) is 11.7. The van der Waals surface area contributed by atoms with Gasteiger partial charge in [-0.1, -0.05) is 32.0 Å². The predicted octanol–water partition coefficient (Wildman–Crippen LogP) is 6.54. The summed E-state index contributed by atoms with van der Waals surface area (Å²) < 4.78 is 62.0. The monoisotopic (exact) mass is 458 g/mol. The van der Waals surface area contributed by atoms with E-state index in [-0.39, 0.29) is 28.6 Å². The summed E-state index contributed by atoms with van der Waals surface area (Å²) in [5.41, 5.74) is -0.794. The first-order chi connectivity index (χ1) is 15.6. The number of para-hydroxylation sites is 1. The molecule has 4 rings (SSSR count). The molecule has 4 aromatic rings. The van der Waals surface area contributed by atoms with Crippen LogP contribution < -0.4 is 14.9 Å². The van der Waals surface area contributed by atoms with Crippen LogP contribution in [-0.4, -0.2) is 5.97 Å². The number of fused-ring (bicyclic) bond motifs is 1. The first kappa shape index (κ1) is 22.2. The highest BCUT2D eigenvalue weighted by molar-refractivity contribution is 5.89. The minimum absolute atomic E-state index is 0.0607. The third-order valence-electron chi connectivity index (χ3n) is 4.77. The number of rotatable bonds is 5. The zero-order chi connectivity index (χ0) is 23.8. The summed E-state index contributed by atoms with van der Waals surface area (Å²) in [4.78, 5) is 25.0. The number of hydrogen-bond acceptors (Lipinski definition) is 6. The summed E-state index contributed by atoms with van der Waals surface area (Å²) in [5.74, 6) is -3.58. The lowest BCUT2D eigenvalue weighted by atomic mass is 10.0. The Hall–Kier alpha value is -4.01. The maximum absolute atomic E-state index is 13.8. The standard InChI is InChI=1S/C24H17F3O6/c1-13(2)15-6-3-4-7-17(15)32-21-20(28)16-10-9-14(31-23(29)18-8-5-11-30-18)12-19(16)33-22(21)24(25,26)27/h3-13H,1-2H3. The maximum Gasteiger partial charge on any atom is 0.453 e. The molecule has 2 aromatic carbocycles. The molecular weight excluding hydrogens is 441 g/mol. The van der Waals surface area contributed by atoms with Gasteiger partial charge < -0.3 is 18.3 Å². The number of halogens is 3. The summed E-state index contributed by atoms with van der Waals surface area (Å²) in [6.45, 7) is 3.70. The zero-order valence-electron chi connectivity index (χ0n) is 17.4. The smallest absolute Gasteiger partial charge is 0.453 e. The SMILES string of the molecule is CC(C)c1ccccc1Oc1c(C(F)(F)F)oc2cc(OC(=O)c3ccco3)ccc2c1=O. The summed E-state index contributed by atoms with van der Waals surface area (Å²) in [5, 5.41) is -0.169. The summed E-state index contributed by atoms with van der Waals surface area (Å²) >= 11 is 0. The Morgan fingerprint density at radius 1 is 1.03 bits per heavy atom. The zero-order valence-corrected chi connectivity index (χ0v) is 17.4. The fourth-order valence-corrected chi connectivity index (χ4v) is 3.21. The van der Waals surface area contributed by atoms with Crippen molar-refractivity contribution in [1.82, 2.24) is 0 Å². The Kier molecular flexibility index (Phi) is 5.71. The van der Waals surface area contributed by atoms with E-state index in [4.69, 9.17) is 18.3 Å². The largest absolute Gasteiger partial charge is 0.457 e. The molecule has 33 heavy (non-hydrogen) atoms. The second kappa shape index (κ2) is 8.50. The molecule has 0 amide bonds. The van der Waals surface area contributed by atoms with Crippen LogP contribution in [0.15, 0.2) is 74.5 Å². The Balaban J connectivity index is 1.80. The Bertz CT molecular complexity index is 1370. The van der Waals surface area contributed by atoms with E-state index in [0.29, 0.717) is 5.56 Å². The van der Waals surface area contributed by atoms with Gasteiger partial charge in [-0.3, -0.25) is 4.79 Å². The lowest BCUT2D eigenvalue weighted by Crippen LogP contribution is -2.16. The summed E-state index contributed by atoms with van der Waals surface area (Å²) in [7, 11) is 0. The van der Waals surface area contributed by atoms with Crippen LogP contribution in [0.2, 0.25) is 0 Å². The van der Waals surface area contributed by atoms with E-state index in [0.717, 1.165) is 6.07 Å². The van der Waals surface area contributed by atoms with Crippen LogP contribution in [0.1, 0.15) is 41.6 Å². The van der Waals surface area contributed by atoms with Gasteiger partial charge >= 0.3 is 12.1 Å². The van der Waals surface area contributed by atoms with Crippen molar-refractivity contribution in [2.45, 2.75) is 25.9 Å². The lowest BCUT2D eigenvalue weighted by molar-refractivity contribution is -0.154. The van der Waals surface area contributed by atoms with Gasteiger partial charge in [-0.05, 0) is 41.8 Å². The molecule has 0 saturated carbocycles. The van der Waals surface area contributed by atoms with Gasteiger partial charge in [0, 0.05) is 6.07 Å². The van der Waals surface area contributed by atoms with Gasteiger partial charge in [0.05, 0.1) is 11.6 Å². The summed E-state index contributed by atoms with van der Waals surface area (Å²) in [6.07, 6.45) is -3.75. The third kappa shape index (κ3) is 4.48. The Morgan fingerprint density at radius 2 is 1.79 bits per heavy atom. The van der Waals surface area contributed by atoms with Crippen molar-refractivity contribution in [3.8, 4) is 17.2 Å². The average molecular weight is 458 g/mol. The van der Waals surface area contributed by atoms with E-state index in [1.54, 1.807) is 18.2 Å². The van der Waals surface area contributed by atoms with Crippen molar-refractivity contribution >= 4 is 16.9 Å². The minimum atomic E-state index is -5.02. The van der Waals surface area contributed by atoms with Gasteiger partial charge in [0.1, 0.15) is 17.1 Å². The first-order valence-electron chi connectivity index (χ1n) is 9.85. The highest BCUT2D eigenvalue weighted by atomic mass is 19.4. The van der Waals surface area contributed by atoms with Crippen LogP contribution >= 0.6 is 0 Å². The van der Waals surface area contributed by atoms with E-state index < -0.39 is 34.7 Å². The van der Waals surface area contributed by atoms with Gasteiger partial charge in [0.25, 0.3) is 5.76 Å². The number of furan rings is 1. The van der Waals surface area contributed by atoms with Gasteiger partial charge in [-0.25, -0.2) is 4.79 Å². The number of benzene rings is 2. The molecule has 0 radical (unpaired) electrons. The molecule has 0 aliphatic rings. The van der Waals surface area contributed by atoms with E-state index in [2.05, 4.69) is 0 Å². The van der Waals surface area contributed by atoms with Crippen LogP contribution in [-0.2, 0) is 6.18 Å². The molecule has 2 aromatic heterocycles. The first-order valence-corrected chi connectivity index (χ1v) is 9.85. The molecule has 170 valence electrons. The van der Waals surface area contributed by atoms with Crippen molar-refractivity contribution in [2.75, 3.05) is 0 Å². The second-order valence-corrected chi connectivity index (χ2v) is 7.41. The number of carbonyl (C=O) groups is 1. The highest BCUT2D eigenvalue weighted by Crippen LogP contribution is 2.40. The molecule has 0 N–H and O–H groups in total. The van der Waals surface area contributed by atoms with Gasteiger partial charge in [0.2, 0.25) is 16.9 Å². The molecule has 0 fully saturated rings. The fraction of sp³-hybridized carbons (Fsp3) is 0.167. The number of hydrogen-bond donors (Lipinski definition) is 0. The molecule has 0 saturated heterocycles. The molecule has 0 aliphatic carbocycles. The average Bonchev–Trinajstić information content (AvgIpc) is 3.30. The van der Waals surface area contributed by atoms with E-state index in [9.17, 15) is 22.8 Å². The van der Waals surface area contributed by atoms with Crippen molar-refractivity contribution in [1.29, 1.82) is 0 Å². The molecule has 9 heteroatoms. The van der Waals surface area contributed by atoms with E-state index >= 15 is 0 Å². The maximum atomic E-state index is 13.8. The molecule has 0 atom stereocenters. The van der Waals surface area contributed by atoms with Gasteiger partial charge in [-0.15, -0.1) is 0 Å². The molecular formula is C24H17F3O6. The Morgan fingerprint density at radius 3 is 2.45 bits per heavy atom. The van der Waals surface area contributed by atoms with Crippen molar-refractivity contribution in [3.63, 3.8) is 0 Å². The number of esters is 1.